The van der Waals surface area contributed by atoms with Crippen LogP contribution in [0.15, 0.2) is 53.6 Å². The lowest BCUT2D eigenvalue weighted by Crippen LogP contribution is -2.24. The topological polar surface area (TPSA) is 60.9 Å². The summed E-state index contributed by atoms with van der Waals surface area (Å²) >= 11 is 0. The van der Waals surface area contributed by atoms with Crippen LogP contribution in [-0.4, -0.2) is 9.55 Å². The van der Waals surface area contributed by atoms with Crippen molar-refractivity contribution >= 4 is 16.6 Å². The summed E-state index contributed by atoms with van der Waals surface area (Å²) in [7, 11) is 0. The first-order chi connectivity index (χ1) is 8.77. The molecular formula is C14H13N3O. The number of benzene rings is 1. The van der Waals surface area contributed by atoms with E-state index >= 15 is 0 Å². The van der Waals surface area contributed by atoms with E-state index in [0.717, 1.165) is 6.42 Å². The third-order valence-electron chi connectivity index (χ3n) is 3.16. The molecule has 1 heterocycles. The van der Waals surface area contributed by atoms with Gasteiger partial charge in [0.1, 0.15) is 5.52 Å². The van der Waals surface area contributed by atoms with Gasteiger partial charge in [-0.25, -0.2) is 4.98 Å². The smallest absolute Gasteiger partial charge is 0.261 e. The third-order valence-corrected chi connectivity index (χ3v) is 3.16. The fourth-order valence-corrected chi connectivity index (χ4v) is 2.20. The van der Waals surface area contributed by atoms with Crippen LogP contribution >= 0.6 is 0 Å². The van der Waals surface area contributed by atoms with Gasteiger partial charge in [-0.3, -0.25) is 9.36 Å². The number of hydrogen-bond donors (Lipinski definition) is 1. The number of nitrogen functional groups attached to an aromatic ring is 1. The molecule has 4 nitrogen and oxygen atoms in total. The maximum Gasteiger partial charge on any atom is 0.261 e. The zero-order chi connectivity index (χ0) is 12.5. The predicted molar refractivity (Wildman–Crippen MR) is 72.3 cm³/mol. The third kappa shape index (κ3) is 1.62. The van der Waals surface area contributed by atoms with Crippen molar-refractivity contribution in [2.45, 2.75) is 12.5 Å². The standard InChI is InChI=1S/C14H13N3O/c15-12-8-4-7-11-13(12)16-9-17(14(11)18)10-5-2-1-3-6-10/h1-5,7-10H,6,15H2. The lowest BCUT2D eigenvalue weighted by molar-refractivity contribution is 0.581. The van der Waals surface area contributed by atoms with E-state index in [4.69, 9.17) is 5.73 Å². The van der Waals surface area contributed by atoms with E-state index in [1.807, 2.05) is 24.3 Å². The lowest BCUT2D eigenvalue weighted by atomic mass is 10.1. The number of rotatable bonds is 1. The first-order valence-electron chi connectivity index (χ1n) is 5.86. The zero-order valence-electron chi connectivity index (χ0n) is 9.78. The van der Waals surface area contributed by atoms with Gasteiger partial charge in [-0.2, -0.15) is 0 Å². The Kier molecular flexibility index (Phi) is 2.48. The maximum atomic E-state index is 12.4. The van der Waals surface area contributed by atoms with Gasteiger partial charge in [-0.15, -0.1) is 0 Å². The molecular weight excluding hydrogens is 226 g/mol. The van der Waals surface area contributed by atoms with Crippen LogP contribution in [0.4, 0.5) is 5.69 Å². The van der Waals surface area contributed by atoms with Crippen LogP contribution in [0.1, 0.15) is 12.5 Å². The molecule has 1 unspecified atom stereocenters. The highest BCUT2D eigenvalue weighted by Gasteiger charge is 2.12. The minimum Gasteiger partial charge on any atom is -0.397 e. The molecule has 1 aromatic carbocycles. The van der Waals surface area contributed by atoms with Crippen molar-refractivity contribution in [2.24, 2.45) is 0 Å². The van der Waals surface area contributed by atoms with Gasteiger partial charge < -0.3 is 5.73 Å². The molecule has 3 rings (SSSR count). The average molecular weight is 239 g/mol. The molecule has 2 N–H and O–H groups in total. The Labute approximate surface area is 104 Å². The normalized spacial score (nSPS) is 18.3. The Morgan fingerprint density at radius 3 is 3.00 bits per heavy atom. The molecule has 0 spiro atoms. The van der Waals surface area contributed by atoms with E-state index in [1.165, 1.54) is 0 Å². The SMILES string of the molecule is Nc1cccc2c(=O)n(C3C=CC=CC3)cnc12. The minimum absolute atomic E-state index is 0.0424. The molecule has 0 amide bonds. The van der Waals surface area contributed by atoms with Crippen LogP contribution in [0.5, 0.6) is 0 Å². The fraction of sp³-hybridized carbons (Fsp3) is 0.143. The van der Waals surface area contributed by atoms with Gasteiger partial charge in [0.25, 0.3) is 5.56 Å². The molecule has 0 saturated heterocycles. The molecule has 0 fully saturated rings. The highest BCUT2D eigenvalue weighted by Crippen LogP contribution is 2.19. The van der Waals surface area contributed by atoms with Gasteiger partial charge in [0.05, 0.1) is 23.4 Å². The van der Waals surface area contributed by atoms with Crippen molar-refractivity contribution < 1.29 is 0 Å². The number of fused-ring (bicyclic) bond motifs is 1. The summed E-state index contributed by atoms with van der Waals surface area (Å²) in [5.74, 6) is 0. The molecule has 0 radical (unpaired) electrons. The fourth-order valence-electron chi connectivity index (χ4n) is 2.20. The molecule has 0 aliphatic heterocycles. The second kappa shape index (κ2) is 4.14. The summed E-state index contributed by atoms with van der Waals surface area (Å²) in [6.45, 7) is 0. The van der Waals surface area contributed by atoms with Crippen LogP contribution in [0, 0.1) is 0 Å². The zero-order valence-corrected chi connectivity index (χ0v) is 9.78. The van der Waals surface area contributed by atoms with E-state index in [2.05, 4.69) is 4.98 Å². The van der Waals surface area contributed by atoms with E-state index in [-0.39, 0.29) is 11.6 Å². The number of anilines is 1. The largest absolute Gasteiger partial charge is 0.397 e. The van der Waals surface area contributed by atoms with Crippen LogP contribution in [-0.2, 0) is 0 Å². The van der Waals surface area contributed by atoms with Crippen molar-refractivity contribution in [3.8, 4) is 0 Å². The maximum absolute atomic E-state index is 12.4. The molecule has 0 saturated carbocycles. The first-order valence-corrected chi connectivity index (χ1v) is 5.86. The van der Waals surface area contributed by atoms with Crippen LogP contribution in [0.2, 0.25) is 0 Å². The van der Waals surface area contributed by atoms with Gasteiger partial charge in [0.15, 0.2) is 0 Å². The lowest BCUT2D eigenvalue weighted by Gasteiger charge is -2.16. The van der Waals surface area contributed by atoms with Crippen molar-refractivity contribution in [3.05, 3.63) is 59.2 Å². The highest BCUT2D eigenvalue weighted by molar-refractivity contribution is 5.88. The first kappa shape index (κ1) is 10.8. The number of nitrogens with two attached hydrogens (primary N) is 1. The van der Waals surface area contributed by atoms with Crippen LogP contribution < -0.4 is 11.3 Å². The second-order valence-electron chi connectivity index (χ2n) is 4.32. The molecule has 1 aliphatic carbocycles. The Bertz CT molecular complexity index is 713. The van der Waals surface area contributed by atoms with Crippen molar-refractivity contribution in [2.75, 3.05) is 5.73 Å². The summed E-state index contributed by atoms with van der Waals surface area (Å²) in [6.07, 6.45) is 10.4. The monoisotopic (exact) mass is 239 g/mol. The van der Waals surface area contributed by atoms with E-state index in [9.17, 15) is 4.79 Å². The minimum atomic E-state index is -0.0442. The summed E-state index contributed by atoms with van der Waals surface area (Å²) in [5.41, 5.74) is 6.89. The Balaban J connectivity index is 2.21. The highest BCUT2D eigenvalue weighted by atomic mass is 16.1. The van der Waals surface area contributed by atoms with Crippen molar-refractivity contribution in [3.63, 3.8) is 0 Å². The summed E-state index contributed by atoms with van der Waals surface area (Å²) in [5, 5.41) is 0.570. The number of hydrogen-bond acceptors (Lipinski definition) is 3. The number of nitrogens with zero attached hydrogens (tertiary/aromatic N) is 2. The number of para-hydroxylation sites is 1. The molecule has 1 aliphatic rings. The van der Waals surface area contributed by atoms with Crippen molar-refractivity contribution in [1.29, 1.82) is 0 Å². The number of aromatic nitrogens is 2. The van der Waals surface area contributed by atoms with Gasteiger partial charge in [-0.05, 0) is 18.6 Å². The summed E-state index contributed by atoms with van der Waals surface area (Å²) < 4.78 is 1.65. The Morgan fingerprint density at radius 1 is 1.33 bits per heavy atom. The molecule has 2 aromatic rings. The van der Waals surface area contributed by atoms with Crippen LogP contribution in [0.25, 0.3) is 10.9 Å². The molecule has 4 heteroatoms. The summed E-state index contributed by atoms with van der Waals surface area (Å²) in [4.78, 5) is 16.7. The van der Waals surface area contributed by atoms with E-state index in [0.29, 0.717) is 16.6 Å². The number of allylic oxidation sites excluding steroid dienone is 4. The molecule has 1 atom stereocenters. The predicted octanol–water partition coefficient (Wildman–Crippen LogP) is 2.04. The van der Waals surface area contributed by atoms with Gasteiger partial charge in [0.2, 0.25) is 0 Å². The van der Waals surface area contributed by atoms with Crippen LogP contribution in [0.3, 0.4) is 0 Å². The average Bonchev–Trinajstić information content (AvgIpc) is 2.41. The Morgan fingerprint density at radius 2 is 2.22 bits per heavy atom. The molecule has 0 bridgehead atoms. The van der Waals surface area contributed by atoms with E-state index < -0.39 is 0 Å². The molecule has 90 valence electrons. The Hall–Kier alpha value is -2.36. The summed E-state index contributed by atoms with van der Waals surface area (Å²) in [6, 6.07) is 5.34. The quantitative estimate of drug-likeness (QED) is 0.774. The van der Waals surface area contributed by atoms with E-state index in [1.54, 1.807) is 29.1 Å². The second-order valence-corrected chi connectivity index (χ2v) is 4.32. The molecule has 18 heavy (non-hydrogen) atoms. The van der Waals surface area contributed by atoms with Crippen molar-refractivity contribution in [1.82, 2.24) is 9.55 Å². The van der Waals surface area contributed by atoms with Gasteiger partial charge in [-0.1, -0.05) is 30.4 Å². The van der Waals surface area contributed by atoms with Gasteiger partial charge >= 0.3 is 0 Å². The van der Waals surface area contributed by atoms with Gasteiger partial charge in [0, 0.05) is 0 Å². The molecule has 1 aromatic heterocycles.